The lowest BCUT2D eigenvalue weighted by Crippen LogP contribution is -2.20. The number of nitrogens with zero attached hydrogens (tertiary/aromatic N) is 4. The molecule has 0 aliphatic rings. The highest BCUT2D eigenvalue weighted by Crippen LogP contribution is 2.18. The smallest absolute Gasteiger partial charge is 0.272 e. The van der Waals surface area contributed by atoms with Crippen LogP contribution in [-0.4, -0.2) is 30.3 Å². The van der Waals surface area contributed by atoms with Crippen molar-refractivity contribution in [1.82, 2.24) is 24.4 Å². The summed E-state index contributed by atoms with van der Waals surface area (Å²) in [6.45, 7) is 6.54. The molecular weight excluding hydrogens is 368 g/mol. The number of aromatic amines is 1. The number of aryl methyl sites for hydroxylation is 2. The maximum absolute atomic E-state index is 12.8. The monoisotopic (exact) mass is 390 g/mol. The van der Waals surface area contributed by atoms with Crippen LogP contribution in [-0.2, 0) is 6.54 Å². The maximum atomic E-state index is 12.8. The zero-order valence-corrected chi connectivity index (χ0v) is 16.5. The SMILES string of the molecule is Cc1ccc(NC(=O)c2c[nH]n3c(=O)cc(C(C)Cn4nccc4C)nc23)cc1. The van der Waals surface area contributed by atoms with Crippen molar-refractivity contribution >= 4 is 17.2 Å². The predicted octanol–water partition coefficient (Wildman–Crippen LogP) is 2.89. The van der Waals surface area contributed by atoms with E-state index in [4.69, 9.17) is 0 Å². The van der Waals surface area contributed by atoms with Crippen LogP contribution in [0.3, 0.4) is 0 Å². The number of carbonyl (C=O) groups excluding carboxylic acids is 1. The summed E-state index contributed by atoms with van der Waals surface area (Å²) < 4.78 is 3.15. The van der Waals surface area contributed by atoms with Crippen LogP contribution in [0.2, 0.25) is 0 Å². The Bertz CT molecular complexity index is 1230. The summed E-state index contributed by atoms with van der Waals surface area (Å²) in [6.07, 6.45) is 3.24. The number of fused-ring (bicyclic) bond motifs is 1. The molecule has 1 aromatic carbocycles. The molecule has 0 radical (unpaired) electrons. The van der Waals surface area contributed by atoms with Gasteiger partial charge >= 0.3 is 0 Å². The van der Waals surface area contributed by atoms with Gasteiger partial charge in [-0.15, -0.1) is 0 Å². The van der Waals surface area contributed by atoms with Crippen LogP contribution in [0.15, 0.2) is 53.6 Å². The van der Waals surface area contributed by atoms with Crippen molar-refractivity contribution in [3.63, 3.8) is 0 Å². The van der Waals surface area contributed by atoms with Gasteiger partial charge in [0, 0.05) is 42.3 Å². The summed E-state index contributed by atoms with van der Waals surface area (Å²) in [5, 5.41) is 9.95. The third-order valence-corrected chi connectivity index (χ3v) is 4.95. The first-order valence-electron chi connectivity index (χ1n) is 9.40. The molecule has 0 spiro atoms. The molecule has 1 unspecified atom stereocenters. The van der Waals surface area contributed by atoms with E-state index >= 15 is 0 Å². The zero-order chi connectivity index (χ0) is 20.5. The Kier molecular flexibility index (Phi) is 4.75. The van der Waals surface area contributed by atoms with Gasteiger partial charge in [0.1, 0.15) is 5.56 Å². The Morgan fingerprint density at radius 2 is 1.97 bits per heavy atom. The highest BCUT2D eigenvalue weighted by atomic mass is 16.2. The van der Waals surface area contributed by atoms with E-state index in [0.29, 0.717) is 29.1 Å². The number of aromatic nitrogens is 5. The van der Waals surface area contributed by atoms with E-state index in [2.05, 4.69) is 20.5 Å². The van der Waals surface area contributed by atoms with Crippen LogP contribution < -0.4 is 10.9 Å². The van der Waals surface area contributed by atoms with E-state index in [1.165, 1.54) is 16.8 Å². The summed E-state index contributed by atoms with van der Waals surface area (Å²) in [5.74, 6) is -0.374. The van der Waals surface area contributed by atoms with Gasteiger partial charge in [-0.05, 0) is 32.0 Å². The summed E-state index contributed by atoms with van der Waals surface area (Å²) >= 11 is 0. The molecule has 0 aliphatic heterocycles. The zero-order valence-electron chi connectivity index (χ0n) is 16.5. The number of nitrogens with one attached hydrogen (secondary N) is 2. The Hall–Kier alpha value is -3.68. The lowest BCUT2D eigenvalue weighted by atomic mass is 10.1. The summed E-state index contributed by atoms with van der Waals surface area (Å²) in [5.41, 5.74) is 3.80. The molecule has 0 bridgehead atoms. The molecule has 148 valence electrons. The number of H-pyrrole nitrogens is 1. The minimum atomic E-state index is -0.327. The van der Waals surface area contributed by atoms with E-state index < -0.39 is 0 Å². The first kappa shape index (κ1) is 18.7. The highest BCUT2D eigenvalue weighted by molar-refractivity contribution is 6.08. The number of carbonyl (C=O) groups is 1. The Morgan fingerprint density at radius 1 is 1.21 bits per heavy atom. The molecule has 1 amide bonds. The fourth-order valence-corrected chi connectivity index (χ4v) is 3.20. The quantitative estimate of drug-likeness (QED) is 0.548. The van der Waals surface area contributed by atoms with Crippen LogP contribution in [0.5, 0.6) is 0 Å². The first-order valence-corrected chi connectivity index (χ1v) is 9.40. The van der Waals surface area contributed by atoms with E-state index in [1.807, 2.05) is 55.8 Å². The van der Waals surface area contributed by atoms with Gasteiger partial charge in [0.25, 0.3) is 11.5 Å². The Morgan fingerprint density at radius 3 is 2.66 bits per heavy atom. The molecule has 4 rings (SSSR count). The number of anilines is 1. The molecule has 1 atom stereocenters. The van der Waals surface area contributed by atoms with Crippen molar-refractivity contribution in [3.05, 3.63) is 81.7 Å². The molecule has 4 aromatic rings. The second-order valence-corrected chi connectivity index (χ2v) is 7.24. The largest absolute Gasteiger partial charge is 0.322 e. The van der Waals surface area contributed by atoms with Gasteiger partial charge in [0.2, 0.25) is 0 Å². The van der Waals surface area contributed by atoms with Gasteiger partial charge in [-0.3, -0.25) is 19.4 Å². The molecule has 3 aromatic heterocycles. The standard InChI is InChI=1S/C21H22N6O2/c1-13-4-6-16(7-5-13)24-21(29)17-11-23-27-19(28)10-18(25-20(17)27)14(2)12-26-15(3)8-9-22-26/h4-11,14,23H,12H2,1-3H3,(H,24,29). The molecule has 0 fully saturated rings. The van der Waals surface area contributed by atoms with Crippen molar-refractivity contribution in [2.75, 3.05) is 5.32 Å². The van der Waals surface area contributed by atoms with Crippen molar-refractivity contribution in [2.24, 2.45) is 0 Å². The molecule has 3 heterocycles. The lowest BCUT2D eigenvalue weighted by Gasteiger charge is -2.12. The van der Waals surface area contributed by atoms with Crippen molar-refractivity contribution in [1.29, 1.82) is 0 Å². The topological polar surface area (TPSA) is 97.1 Å². The average Bonchev–Trinajstić information content (AvgIpc) is 3.30. The molecule has 8 nitrogen and oxygen atoms in total. The molecular formula is C21H22N6O2. The van der Waals surface area contributed by atoms with Crippen LogP contribution in [0.25, 0.3) is 5.65 Å². The van der Waals surface area contributed by atoms with Crippen LogP contribution in [0, 0.1) is 13.8 Å². The number of rotatable bonds is 5. The lowest BCUT2D eigenvalue weighted by molar-refractivity contribution is 0.102. The maximum Gasteiger partial charge on any atom is 0.272 e. The molecule has 0 saturated heterocycles. The fourth-order valence-electron chi connectivity index (χ4n) is 3.20. The molecule has 0 saturated carbocycles. The summed E-state index contributed by atoms with van der Waals surface area (Å²) in [4.78, 5) is 29.9. The molecule has 2 N–H and O–H groups in total. The van der Waals surface area contributed by atoms with Crippen molar-refractivity contribution < 1.29 is 4.79 Å². The van der Waals surface area contributed by atoms with Gasteiger partial charge in [0.05, 0.1) is 5.69 Å². The third kappa shape index (κ3) is 3.69. The summed E-state index contributed by atoms with van der Waals surface area (Å²) in [7, 11) is 0. The highest BCUT2D eigenvalue weighted by Gasteiger charge is 2.18. The van der Waals surface area contributed by atoms with Crippen molar-refractivity contribution in [3.8, 4) is 0 Å². The molecule has 8 heteroatoms. The number of hydrogen-bond donors (Lipinski definition) is 2. The molecule has 29 heavy (non-hydrogen) atoms. The second kappa shape index (κ2) is 7.38. The van der Waals surface area contributed by atoms with Crippen LogP contribution >= 0.6 is 0 Å². The van der Waals surface area contributed by atoms with Gasteiger partial charge in [0.15, 0.2) is 5.65 Å². The van der Waals surface area contributed by atoms with Gasteiger partial charge < -0.3 is 5.32 Å². The first-order chi connectivity index (χ1) is 13.9. The van der Waals surface area contributed by atoms with Crippen LogP contribution in [0.4, 0.5) is 5.69 Å². The van der Waals surface area contributed by atoms with E-state index in [-0.39, 0.29) is 17.4 Å². The minimum Gasteiger partial charge on any atom is -0.322 e. The van der Waals surface area contributed by atoms with Gasteiger partial charge in [-0.25, -0.2) is 9.50 Å². The number of benzene rings is 1. The number of hydrogen-bond acceptors (Lipinski definition) is 4. The normalized spacial score (nSPS) is 12.2. The number of amides is 1. The Labute approximate surface area is 167 Å². The van der Waals surface area contributed by atoms with Gasteiger partial charge in [-0.2, -0.15) is 5.10 Å². The van der Waals surface area contributed by atoms with E-state index in [1.54, 1.807) is 6.20 Å². The summed E-state index contributed by atoms with van der Waals surface area (Å²) in [6, 6.07) is 10.9. The molecule has 0 aliphatic carbocycles. The average molecular weight is 390 g/mol. The van der Waals surface area contributed by atoms with Gasteiger partial charge in [-0.1, -0.05) is 24.6 Å². The fraction of sp³-hybridized carbons (Fsp3) is 0.238. The minimum absolute atomic E-state index is 0.0470. The third-order valence-electron chi connectivity index (χ3n) is 4.95. The van der Waals surface area contributed by atoms with Crippen molar-refractivity contribution in [2.45, 2.75) is 33.2 Å². The predicted molar refractivity (Wildman–Crippen MR) is 110 cm³/mol. The van der Waals surface area contributed by atoms with E-state index in [0.717, 1.165) is 11.3 Å². The van der Waals surface area contributed by atoms with Crippen LogP contribution in [0.1, 0.15) is 40.2 Å². The van der Waals surface area contributed by atoms with E-state index in [9.17, 15) is 9.59 Å². The Balaban J connectivity index is 1.65. The second-order valence-electron chi connectivity index (χ2n) is 7.24.